The van der Waals surface area contributed by atoms with Crippen molar-refractivity contribution in [1.29, 1.82) is 0 Å². The number of Topliss-reactive ketones (excluding diaryl/α,β-unsaturated/α-hetero) is 1. The average Bonchev–Trinajstić information content (AvgIpc) is 2.57. The summed E-state index contributed by atoms with van der Waals surface area (Å²) in [6.45, 7) is 4.00. The van der Waals surface area contributed by atoms with E-state index in [-0.39, 0.29) is 47.0 Å². The van der Waals surface area contributed by atoms with E-state index in [1.165, 1.54) is 30.3 Å². The van der Waals surface area contributed by atoms with Crippen molar-refractivity contribution in [2.45, 2.75) is 33.2 Å². The van der Waals surface area contributed by atoms with Crippen LogP contribution in [-0.4, -0.2) is 16.6 Å². The highest BCUT2D eigenvalue weighted by molar-refractivity contribution is 6.29. The molecule has 1 aliphatic rings. The van der Waals surface area contributed by atoms with Gasteiger partial charge in [0.15, 0.2) is 5.78 Å². The number of carbonyl (C=O) groups excluding carboxylic acids is 1. The van der Waals surface area contributed by atoms with E-state index in [4.69, 9.17) is 0 Å². The number of nitrogens with zero attached hydrogens (tertiary/aromatic N) is 1. The lowest BCUT2D eigenvalue weighted by molar-refractivity contribution is -0.117. The standard InChI is InChI=1S/C22H21F2NO2/c1-22(2)11-18(26)20(19(27)12-22)21(15-4-3-5-17(24)10-15)25-13-14-6-8-16(23)9-7-14/h3-10,26H,11-13H2,1-2H3. The highest BCUT2D eigenvalue weighted by atomic mass is 19.1. The predicted molar refractivity (Wildman–Crippen MR) is 101 cm³/mol. The number of allylic oxidation sites excluding steroid dienone is 2. The molecule has 0 fully saturated rings. The van der Waals surface area contributed by atoms with Crippen molar-refractivity contribution in [2.75, 3.05) is 0 Å². The van der Waals surface area contributed by atoms with Gasteiger partial charge < -0.3 is 5.11 Å². The predicted octanol–water partition coefficient (Wildman–Crippen LogP) is 5.16. The van der Waals surface area contributed by atoms with Crippen molar-refractivity contribution in [1.82, 2.24) is 0 Å². The molecular weight excluding hydrogens is 348 g/mol. The largest absolute Gasteiger partial charge is 0.511 e. The number of hydrogen-bond acceptors (Lipinski definition) is 3. The Morgan fingerprint density at radius 3 is 2.41 bits per heavy atom. The van der Waals surface area contributed by atoms with E-state index >= 15 is 0 Å². The maximum absolute atomic E-state index is 13.8. The van der Waals surface area contributed by atoms with Gasteiger partial charge in [0.05, 0.1) is 17.8 Å². The molecule has 1 N–H and O–H groups in total. The summed E-state index contributed by atoms with van der Waals surface area (Å²) in [6, 6.07) is 11.6. The monoisotopic (exact) mass is 369 g/mol. The molecule has 2 aromatic rings. The number of ketones is 1. The van der Waals surface area contributed by atoms with Crippen LogP contribution in [0, 0.1) is 17.0 Å². The molecule has 3 rings (SSSR count). The topological polar surface area (TPSA) is 49.7 Å². The Bertz CT molecular complexity index is 928. The van der Waals surface area contributed by atoms with E-state index in [9.17, 15) is 18.7 Å². The molecule has 27 heavy (non-hydrogen) atoms. The molecule has 0 saturated carbocycles. The Labute approximate surface area is 157 Å². The van der Waals surface area contributed by atoms with Crippen LogP contribution < -0.4 is 0 Å². The summed E-state index contributed by atoms with van der Waals surface area (Å²) in [5, 5.41) is 10.5. The molecule has 0 aliphatic heterocycles. The van der Waals surface area contributed by atoms with Crippen LogP contribution in [0.1, 0.15) is 37.8 Å². The molecule has 140 valence electrons. The molecule has 1 aliphatic carbocycles. The first kappa shape index (κ1) is 19.0. The minimum Gasteiger partial charge on any atom is -0.511 e. The third-order valence-corrected chi connectivity index (χ3v) is 4.52. The second-order valence-corrected chi connectivity index (χ2v) is 7.56. The minimum atomic E-state index is -0.453. The first-order valence-electron chi connectivity index (χ1n) is 8.76. The van der Waals surface area contributed by atoms with Gasteiger partial charge in [-0.25, -0.2) is 8.78 Å². The lowest BCUT2D eigenvalue weighted by Gasteiger charge is -2.30. The zero-order chi connectivity index (χ0) is 19.6. The minimum absolute atomic E-state index is 0.0293. The van der Waals surface area contributed by atoms with Gasteiger partial charge in [-0.2, -0.15) is 0 Å². The fraction of sp³-hybridized carbons (Fsp3) is 0.273. The summed E-state index contributed by atoms with van der Waals surface area (Å²) >= 11 is 0. The van der Waals surface area contributed by atoms with Gasteiger partial charge in [0, 0.05) is 18.4 Å². The molecule has 0 radical (unpaired) electrons. The second kappa shape index (κ2) is 7.43. The third kappa shape index (κ3) is 4.48. The van der Waals surface area contributed by atoms with Crippen LogP contribution >= 0.6 is 0 Å². The van der Waals surface area contributed by atoms with E-state index in [0.29, 0.717) is 12.0 Å². The van der Waals surface area contributed by atoms with E-state index in [0.717, 1.165) is 5.56 Å². The smallest absolute Gasteiger partial charge is 0.168 e. The van der Waals surface area contributed by atoms with Gasteiger partial charge in [-0.1, -0.05) is 38.1 Å². The van der Waals surface area contributed by atoms with E-state index in [1.54, 1.807) is 18.2 Å². The molecule has 0 heterocycles. The lowest BCUT2D eigenvalue weighted by Crippen LogP contribution is -2.29. The number of hydrogen-bond donors (Lipinski definition) is 1. The molecule has 0 aromatic heterocycles. The molecule has 0 amide bonds. The molecule has 0 saturated heterocycles. The van der Waals surface area contributed by atoms with Gasteiger partial charge in [0.2, 0.25) is 0 Å². The van der Waals surface area contributed by atoms with Gasteiger partial charge in [0.25, 0.3) is 0 Å². The van der Waals surface area contributed by atoms with Gasteiger partial charge in [-0.3, -0.25) is 9.79 Å². The van der Waals surface area contributed by atoms with E-state index < -0.39 is 5.82 Å². The summed E-state index contributed by atoms with van der Waals surface area (Å²) in [7, 11) is 0. The highest BCUT2D eigenvalue weighted by Crippen LogP contribution is 2.37. The first-order valence-corrected chi connectivity index (χ1v) is 8.76. The fourth-order valence-corrected chi connectivity index (χ4v) is 3.27. The van der Waals surface area contributed by atoms with Gasteiger partial charge in [0.1, 0.15) is 17.4 Å². The van der Waals surface area contributed by atoms with Crippen molar-refractivity contribution in [2.24, 2.45) is 10.4 Å². The molecular formula is C22H21F2NO2. The van der Waals surface area contributed by atoms with Crippen LogP contribution in [0.25, 0.3) is 0 Å². The Balaban J connectivity index is 2.06. The SMILES string of the molecule is CC1(C)CC(=O)C(C(=NCc2ccc(F)cc2)c2cccc(F)c2)=C(O)C1. The average molecular weight is 369 g/mol. The van der Waals surface area contributed by atoms with Gasteiger partial charge in [-0.05, 0) is 35.2 Å². The fourth-order valence-electron chi connectivity index (χ4n) is 3.27. The summed E-state index contributed by atoms with van der Waals surface area (Å²) < 4.78 is 26.9. The van der Waals surface area contributed by atoms with Crippen LogP contribution in [0.4, 0.5) is 8.78 Å². The maximum atomic E-state index is 13.8. The molecule has 2 aromatic carbocycles. The maximum Gasteiger partial charge on any atom is 0.168 e. The van der Waals surface area contributed by atoms with Crippen molar-refractivity contribution in [3.63, 3.8) is 0 Å². The summed E-state index contributed by atoms with van der Waals surface area (Å²) in [5.41, 5.74) is 1.23. The van der Waals surface area contributed by atoms with Crippen LogP contribution in [-0.2, 0) is 11.3 Å². The quantitative estimate of drug-likeness (QED) is 0.757. The Morgan fingerprint density at radius 1 is 1.07 bits per heavy atom. The zero-order valence-electron chi connectivity index (χ0n) is 15.3. The van der Waals surface area contributed by atoms with Gasteiger partial charge in [-0.15, -0.1) is 0 Å². The van der Waals surface area contributed by atoms with Crippen LogP contribution in [0.3, 0.4) is 0 Å². The zero-order valence-corrected chi connectivity index (χ0v) is 15.3. The lowest BCUT2D eigenvalue weighted by atomic mass is 9.75. The molecule has 0 atom stereocenters. The molecule has 0 bridgehead atoms. The van der Waals surface area contributed by atoms with Crippen LogP contribution in [0.15, 0.2) is 64.9 Å². The van der Waals surface area contributed by atoms with E-state index in [2.05, 4.69) is 4.99 Å². The van der Waals surface area contributed by atoms with Crippen molar-refractivity contribution in [3.05, 3.63) is 82.6 Å². The van der Waals surface area contributed by atoms with Crippen LogP contribution in [0.2, 0.25) is 0 Å². The van der Waals surface area contributed by atoms with Crippen molar-refractivity contribution < 1.29 is 18.7 Å². The summed E-state index contributed by atoms with van der Waals surface area (Å²) in [4.78, 5) is 17.2. The number of aliphatic hydroxyl groups is 1. The Kier molecular flexibility index (Phi) is 5.22. The third-order valence-electron chi connectivity index (χ3n) is 4.52. The number of halogens is 2. The highest BCUT2D eigenvalue weighted by Gasteiger charge is 2.35. The molecule has 0 spiro atoms. The van der Waals surface area contributed by atoms with Crippen molar-refractivity contribution in [3.8, 4) is 0 Å². The Hall–Kier alpha value is -2.82. The summed E-state index contributed by atoms with van der Waals surface area (Å²) in [5.74, 6) is -1.05. The second-order valence-electron chi connectivity index (χ2n) is 7.56. The number of aliphatic hydroxyl groups excluding tert-OH is 1. The molecule has 0 unspecified atom stereocenters. The van der Waals surface area contributed by atoms with Gasteiger partial charge >= 0.3 is 0 Å². The molecule has 3 nitrogen and oxygen atoms in total. The molecule has 5 heteroatoms. The normalized spacial score (nSPS) is 17.3. The first-order chi connectivity index (χ1) is 12.7. The van der Waals surface area contributed by atoms with Crippen molar-refractivity contribution >= 4 is 11.5 Å². The number of benzene rings is 2. The van der Waals surface area contributed by atoms with E-state index in [1.807, 2.05) is 13.8 Å². The number of carbonyl (C=O) groups is 1. The summed E-state index contributed by atoms with van der Waals surface area (Å²) in [6.07, 6.45) is 0.621. The number of rotatable bonds is 4. The number of aliphatic imine (C=N–C) groups is 1. The van der Waals surface area contributed by atoms with Crippen LogP contribution in [0.5, 0.6) is 0 Å². The Morgan fingerprint density at radius 2 is 1.78 bits per heavy atom.